The third-order valence-electron chi connectivity index (χ3n) is 5.85. The summed E-state index contributed by atoms with van der Waals surface area (Å²) < 4.78 is 32.9. The molecular formula is C26H20F2N2O2. The van der Waals surface area contributed by atoms with Gasteiger partial charge in [-0.2, -0.15) is 0 Å². The minimum atomic E-state index is -0.465. The van der Waals surface area contributed by atoms with Crippen LogP contribution in [-0.2, 0) is 11.2 Å². The molecular weight excluding hydrogens is 410 g/mol. The summed E-state index contributed by atoms with van der Waals surface area (Å²) in [6.07, 6.45) is 1.40. The number of nitrogens with zero attached hydrogens (tertiary/aromatic N) is 2. The molecule has 5 rings (SSSR count). The van der Waals surface area contributed by atoms with E-state index in [0.29, 0.717) is 41.0 Å². The van der Waals surface area contributed by atoms with Crippen molar-refractivity contribution in [3.8, 4) is 11.3 Å². The first kappa shape index (κ1) is 20.1. The highest BCUT2D eigenvalue weighted by atomic mass is 19.1. The van der Waals surface area contributed by atoms with Crippen LogP contribution < -0.4 is 4.90 Å². The second-order valence-corrected chi connectivity index (χ2v) is 7.72. The minimum absolute atomic E-state index is 0.247. The number of esters is 1. The van der Waals surface area contributed by atoms with Crippen LogP contribution in [0.2, 0.25) is 0 Å². The molecule has 0 radical (unpaired) electrons. The molecule has 2 heterocycles. The fraction of sp³-hybridized carbons (Fsp3) is 0.154. The molecule has 4 aromatic rings. The van der Waals surface area contributed by atoms with Gasteiger partial charge in [-0.1, -0.05) is 6.07 Å². The van der Waals surface area contributed by atoms with Crippen LogP contribution in [0.15, 0.2) is 66.7 Å². The van der Waals surface area contributed by atoms with Gasteiger partial charge in [-0.05, 0) is 73.5 Å². The Labute approximate surface area is 184 Å². The van der Waals surface area contributed by atoms with Gasteiger partial charge in [-0.15, -0.1) is 0 Å². The number of aromatic nitrogens is 1. The van der Waals surface area contributed by atoms with Gasteiger partial charge >= 0.3 is 5.97 Å². The summed E-state index contributed by atoms with van der Waals surface area (Å²) in [5.41, 5.74) is 4.60. The maximum atomic E-state index is 14.5. The summed E-state index contributed by atoms with van der Waals surface area (Å²) in [5.74, 6) is -1.02. The fourth-order valence-electron chi connectivity index (χ4n) is 4.35. The smallest absolute Gasteiger partial charge is 0.340 e. The van der Waals surface area contributed by atoms with E-state index in [4.69, 9.17) is 9.72 Å². The van der Waals surface area contributed by atoms with Gasteiger partial charge in [-0.3, -0.25) is 0 Å². The van der Waals surface area contributed by atoms with E-state index in [1.165, 1.54) is 25.3 Å². The molecule has 0 unspecified atom stereocenters. The largest absolute Gasteiger partial charge is 0.465 e. The summed E-state index contributed by atoms with van der Waals surface area (Å²) in [7, 11) is 1.34. The van der Waals surface area contributed by atoms with E-state index in [1.807, 2.05) is 23.1 Å². The quantitative estimate of drug-likeness (QED) is 0.371. The van der Waals surface area contributed by atoms with Crippen LogP contribution in [0.4, 0.5) is 20.2 Å². The van der Waals surface area contributed by atoms with Crippen molar-refractivity contribution in [2.24, 2.45) is 0 Å². The van der Waals surface area contributed by atoms with Gasteiger partial charge in [0.1, 0.15) is 11.6 Å². The molecule has 3 aromatic carbocycles. The van der Waals surface area contributed by atoms with Crippen LogP contribution in [0, 0.1) is 11.6 Å². The van der Waals surface area contributed by atoms with Crippen molar-refractivity contribution in [3.63, 3.8) is 0 Å². The number of ether oxygens (including phenoxy) is 1. The van der Waals surface area contributed by atoms with Crippen molar-refractivity contribution in [2.45, 2.75) is 12.8 Å². The number of benzene rings is 3. The van der Waals surface area contributed by atoms with Crippen LogP contribution in [0.25, 0.3) is 22.2 Å². The molecule has 0 amide bonds. The predicted molar refractivity (Wildman–Crippen MR) is 120 cm³/mol. The standard InChI is InChI=1S/C26H20F2N2O2/c1-32-26(31)20-12-14-23-19(11-13-22(29-23)16-7-9-17(27)10-8-16)25(20)30-15-3-4-18-21(28)5-2-6-24(18)30/h2,5-14H,3-4,15H2,1H3. The van der Waals surface area contributed by atoms with E-state index in [2.05, 4.69) is 0 Å². The molecule has 0 aliphatic carbocycles. The lowest BCUT2D eigenvalue weighted by molar-refractivity contribution is 0.0601. The Bertz CT molecular complexity index is 1340. The number of methoxy groups -OCH3 is 1. The molecule has 0 atom stereocenters. The lowest BCUT2D eigenvalue weighted by Crippen LogP contribution is -2.27. The van der Waals surface area contributed by atoms with Crippen molar-refractivity contribution in [1.82, 2.24) is 4.98 Å². The summed E-state index contributed by atoms with van der Waals surface area (Å²) in [6, 6.07) is 18.4. The zero-order chi connectivity index (χ0) is 22.2. The fourth-order valence-corrected chi connectivity index (χ4v) is 4.35. The van der Waals surface area contributed by atoms with Gasteiger partial charge in [0, 0.05) is 28.7 Å². The Hall–Kier alpha value is -3.80. The van der Waals surface area contributed by atoms with E-state index >= 15 is 0 Å². The summed E-state index contributed by atoms with van der Waals surface area (Å²) >= 11 is 0. The highest BCUT2D eigenvalue weighted by Crippen LogP contribution is 2.40. The van der Waals surface area contributed by atoms with Crippen LogP contribution in [0.5, 0.6) is 0 Å². The average molecular weight is 430 g/mol. The van der Waals surface area contributed by atoms with Gasteiger partial charge in [-0.25, -0.2) is 18.6 Å². The monoisotopic (exact) mass is 430 g/mol. The molecule has 0 fully saturated rings. The number of carbonyl (C=O) groups is 1. The molecule has 1 aliphatic heterocycles. The van der Waals surface area contributed by atoms with E-state index in [1.54, 1.807) is 30.3 Å². The molecule has 160 valence electrons. The highest BCUT2D eigenvalue weighted by Gasteiger charge is 2.27. The van der Waals surface area contributed by atoms with Crippen molar-refractivity contribution in [2.75, 3.05) is 18.6 Å². The van der Waals surface area contributed by atoms with Crippen LogP contribution in [0.1, 0.15) is 22.3 Å². The molecule has 1 aliphatic rings. The Balaban J connectivity index is 1.72. The first-order valence-corrected chi connectivity index (χ1v) is 10.4. The molecule has 0 N–H and O–H groups in total. The van der Waals surface area contributed by atoms with Gasteiger partial charge in [0.15, 0.2) is 0 Å². The van der Waals surface area contributed by atoms with Crippen molar-refractivity contribution in [3.05, 3.63) is 89.5 Å². The third kappa shape index (κ3) is 3.38. The van der Waals surface area contributed by atoms with Crippen LogP contribution >= 0.6 is 0 Å². The number of anilines is 2. The first-order valence-electron chi connectivity index (χ1n) is 10.4. The number of rotatable bonds is 3. The first-order chi connectivity index (χ1) is 15.6. The van der Waals surface area contributed by atoms with Crippen LogP contribution in [-0.4, -0.2) is 24.6 Å². The normalized spacial score (nSPS) is 13.2. The minimum Gasteiger partial charge on any atom is -0.465 e. The third-order valence-corrected chi connectivity index (χ3v) is 5.85. The summed E-state index contributed by atoms with van der Waals surface area (Å²) in [5, 5.41) is 0.760. The zero-order valence-electron chi connectivity index (χ0n) is 17.4. The number of halogens is 2. The molecule has 0 saturated heterocycles. The number of pyridine rings is 1. The molecule has 1 aromatic heterocycles. The second kappa shape index (κ2) is 8.04. The van der Waals surface area contributed by atoms with E-state index < -0.39 is 5.97 Å². The van der Waals surface area contributed by atoms with Crippen LogP contribution in [0.3, 0.4) is 0 Å². The van der Waals surface area contributed by atoms with Crippen molar-refractivity contribution in [1.29, 1.82) is 0 Å². The number of hydrogen-bond acceptors (Lipinski definition) is 4. The Morgan fingerprint density at radius 3 is 2.59 bits per heavy atom. The summed E-state index contributed by atoms with van der Waals surface area (Å²) in [6.45, 7) is 0.638. The van der Waals surface area contributed by atoms with E-state index in [0.717, 1.165) is 23.1 Å². The zero-order valence-corrected chi connectivity index (χ0v) is 17.4. The molecule has 0 bridgehead atoms. The van der Waals surface area contributed by atoms with Crippen molar-refractivity contribution >= 4 is 28.2 Å². The Kier molecular flexibility index (Phi) is 5.05. The van der Waals surface area contributed by atoms with Gasteiger partial charge in [0.2, 0.25) is 0 Å². The highest BCUT2D eigenvalue weighted by molar-refractivity contribution is 6.07. The predicted octanol–water partition coefficient (Wildman–Crippen LogP) is 6.05. The second-order valence-electron chi connectivity index (χ2n) is 7.72. The maximum absolute atomic E-state index is 14.5. The van der Waals surface area contributed by atoms with E-state index in [-0.39, 0.29) is 11.6 Å². The number of hydrogen-bond donors (Lipinski definition) is 0. The Morgan fingerprint density at radius 2 is 1.81 bits per heavy atom. The summed E-state index contributed by atoms with van der Waals surface area (Å²) in [4.78, 5) is 19.4. The van der Waals surface area contributed by atoms with Gasteiger partial charge < -0.3 is 9.64 Å². The maximum Gasteiger partial charge on any atom is 0.340 e. The van der Waals surface area contributed by atoms with Gasteiger partial charge in [0.25, 0.3) is 0 Å². The Morgan fingerprint density at radius 1 is 1.00 bits per heavy atom. The molecule has 0 spiro atoms. The average Bonchev–Trinajstić information content (AvgIpc) is 2.83. The molecule has 6 heteroatoms. The van der Waals surface area contributed by atoms with Crippen molar-refractivity contribution < 1.29 is 18.3 Å². The van der Waals surface area contributed by atoms with E-state index in [9.17, 15) is 13.6 Å². The molecule has 32 heavy (non-hydrogen) atoms. The number of carbonyl (C=O) groups excluding carboxylic acids is 1. The lowest BCUT2D eigenvalue weighted by atomic mass is 9.97. The molecule has 4 nitrogen and oxygen atoms in total. The number of fused-ring (bicyclic) bond motifs is 2. The SMILES string of the molecule is COC(=O)c1ccc2nc(-c3ccc(F)cc3)ccc2c1N1CCCc2c(F)cccc21. The van der Waals surface area contributed by atoms with Gasteiger partial charge in [0.05, 0.1) is 29.6 Å². The lowest BCUT2D eigenvalue weighted by Gasteiger charge is -2.33. The topological polar surface area (TPSA) is 42.4 Å². The molecule has 0 saturated carbocycles.